The molecule has 1 atom stereocenters. The molecule has 0 aliphatic heterocycles. The van der Waals surface area contributed by atoms with E-state index in [1.165, 1.54) is 12.1 Å². The highest BCUT2D eigenvalue weighted by Gasteiger charge is 2.12. The third-order valence-corrected chi connectivity index (χ3v) is 3.19. The van der Waals surface area contributed by atoms with E-state index in [0.717, 1.165) is 0 Å². The number of nitrogens with zero attached hydrogens (tertiary/aromatic N) is 1. The van der Waals surface area contributed by atoms with Gasteiger partial charge in [0, 0.05) is 13.6 Å². The van der Waals surface area contributed by atoms with Crippen molar-refractivity contribution in [2.45, 2.75) is 17.9 Å². The van der Waals surface area contributed by atoms with Crippen LogP contribution in [-0.2, 0) is 10.0 Å². The van der Waals surface area contributed by atoms with Crippen LogP contribution in [0.5, 0.6) is 0 Å². The number of nitrogens with two attached hydrogens (primary N) is 2. The molecule has 1 aromatic carbocycles. The number of anilines is 2. The van der Waals surface area contributed by atoms with Crippen LogP contribution in [0.2, 0.25) is 0 Å². The standard InChI is InChI=1S/C10H17N3O3S/c1-7(14)6-13(2)10-4-3-8(5-9(10)11)17(12,15)16/h3-5,7,14H,6,11H2,1-2H3,(H2,12,15,16). The fourth-order valence-electron chi connectivity index (χ4n) is 1.55. The van der Waals surface area contributed by atoms with Gasteiger partial charge in [-0.2, -0.15) is 0 Å². The SMILES string of the molecule is CC(O)CN(C)c1ccc(S(N)(=O)=O)cc1N. The molecular formula is C10H17N3O3S. The lowest BCUT2D eigenvalue weighted by Crippen LogP contribution is -2.27. The Morgan fingerprint density at radius 2 is 2.06 bits per heavy atom. The maximum atomic E-state index is 11.1. The summed E-state index contributed by atoms with van der Waals surface area (Å²) in [5.41, 5.74) is 6.71. The van der Waals surface area contributed by atoms with Gasteiger partial charge in [-0.15, -0.1) is 0 Å². The van der Waals surface area contributed by atoms with Crippen LogP contribution in [0.15, 0.2) is 23.1 Å². The quantitative estimate of drug-likeness (QED) is 0.645. The van der Waals surface area contributed by atoms with Crippen molar-refractivity contribution in [3.8, 4) is 0 Å². The summed E-state index contributed by atoms with van der Waals surface area (Å²) < 4.78 is 22.2. The molecule has 7 heteroatoms. The molecule has 0 aliphatic rings. The number of benzene rings is 1. The van der Waals surface area contributed by atoms with Crippen molar-refractivity contribution in [3.05, 3.63) is 18.2 Å². The first-order chi connectivity index (χ1) is 7.71. The van der Waals surface area contributed by atoms with Gasteiger partial charge in [0.1, 0.15) is 0 Å². The van der Waals surface area contributed by atoms with Gasteiger partial charge >= 0.3 is 0 Å². The van der Waals surface area contributed by atoms with Crippen molar-refractivity contribution >= 4 is 21.4 Å². The highest BCUT2D eigenvalue weighted by molar-refractivity contribution is 7.89. The molecule has 0 radical (unpaired) electrons. The Labute approximate surface area is 101 Å². The van der Waals surface area contributed by atoms with E-state index in [1.807, 2.05) is 0 Å². The highest BCUT2D eigenvalue weighted by Crippen LogP contribution is 2.25. The predicted octanol–water partition coefficient (Wildman–Crippen LogP) is -0.267. The van der Waals surface area contributed by atoms with Crippen LogP contribution < -0.4 is 15.8 Å². The zero-order valence-corrected chi connectivity index (χ0v) is 10.6. The minimum atomic E-state index is -3.74. The van der Waals surface area contributed by atoms with Crippen LogP contribution in [0, 0.1) is 0 Å². The molecule has 6 nitrogen and oxygen atoms in total. The lowest BCUT2D eigenvalue weighted by molar-refractivity contribution is 0.201. The van der Waals surface area contributed by atoms with Gasteiger partial charge in [-0.1, -0.05) is 0 Å². The van der Waals surface area contributed by atoms with Gasteiger partial charge in [-0.05, 0) is 25.1 Å². The maximum absolute atomic E-state index is 11.1. The van der Waals surface area contributed by atoms with Gasteiger partial charge < -0.3 is 15.7 Å². The number of primary sulfonamides is 1. The zero-order valence-electron chi connectivity index (χ0n) is 9.79. The van der Waals surface area contributed by atoms with Crippen molar-refractivity contribution in [1.29, 1.82) is 0 Å². The van der Waals surface area contributed by atoms with Crippen molar-refractivity contribution in [1.82, 2.24) is 0 Å². The van der Waals surface area contributed by atoms with E-state index < -0.39 is 16.1 Å². The topological polar surface area (TPSA) is 110 Å². The Hall–Kier alpha value is -1.31. The number of aliphatic hydroxyl groups excluding tert-OH is 1. The van der Waals surface area contributed by atoms with E-state index in [1.54, 1.807) is 24.9 Å². The molecule has 1 aromatic rings. The lowest BCUT2D eigenvalue weighted by Gasteiger charge is -2.22. The third-order valence-electron chi connectivity index (χ3n) is 2.28. The van der Waals surface area contributed by atoms with Crippen LogP contribution >= 0.6 is 0 Å². The molecule has 0 amide bonds. The van der Waals surface area contributed by atoms with Crippen LogP contribution in [0.25, 0.3) is 0 Å². The Kier molecular flexibility index (Phi) is 3.97. The Morgan fingerprint density at radius 3 is 2.47 bits per heavy atom. The molecule has 0 fully saturated rings. The van der Waals surface area contributed by atoms with Gasteiger partial charge in [0.2, 0.25) is 10.0 Å². The van der Waals surface area contributed by atoms with Crippen molar-refractivity contribution in [2.24, 2.45) is 5.14 Å². The first-order valence-electron chi connectivity index (χ1n) is 5.03. The van der Waals surface area contributed by atoms with Gasteiger partial charge in [0.15, 0.2) is 0 Å². The molecule has 0 saturated carbocycles. The molecule has 5 N–H and O–H groups in total. The number of hydrogen-bond acceptors (Lipinski definition) is 5. The molecule has 0 aromatic heterocycles. The van der Waals surface area contributed by atoms with Crippen LogP contribution in [0.3, 0.4) is 0 Å². The fraction of sp³-hybridized carbons (Fsp3) is 0.400. The molecule has 0 heterocycles. The molecule has 17 heavy (non-hydrogen) atoms. The predicted molar refractivity (Wildman–Crippen MR) is 67.2 cm³/mol. The number of likely N-dealkylation sites (N-methyl/N-ethyl adjacent to an activating group) is 1. The summed E-state index contributed by atoms with van der Waals surface area (Å²) in [5.74, 6) is 0. The normalized spacial score (nSPS) is 13.4. The largest absolute Gasteiger partial charge is 0.397 e. The summed E-state index contributed by atoms with van der Waals surface area (Å²) in [6.07, 6.45) is -0.502. The van der Waals surface area contributed by atoms with E-state index >= 15 is 0 Å². The van der Waals surface area contributed by atoms with Gasteiger partial charge in [-0.25, -0.2) is 13.6 Å². The summed E-state index contributed by atoms with van der Waals surface area (Å²) >= 11 is 0. The van der Waals surface area contributed by atoms with Gasteiger partial charge in [0.25, 0.3) is 0 Å². The van der Waals surface area contributed by atoms with Crippen LogP contribution in [-0.4, -0.2) is 33.2 Å². The molecular weight excluding hydrogens is 242 g/mol. The second kappa shape index (κ2) is 4.91. The average Bonchev–Trinajstić information content (AvgIpc) is 2.14. The van der Waals surface area contributed by atoms with E-state index in [-0.39, 0.29) is 4.90 Å². The Morgan fingerprint density at radius 1 is 1.47 bits per heavy atom. The Bertz CT molecular complexity index is 500. The van der Waals surface area contributed by atoms with Crippen molar-refractivity contribution in [2.75, 3.05) is 24.2 Å². The number of nitrogen functional groups attached to an aromatic ring is 1. The molecule has 96 valence electrons. The minimum Gasteiger partial charge on any atom is -0.397 e. The van der Waals surface area contributed by atoms with Crippen molar-refractivity contribution in [3.63, 3.8) is 0 Å². The number of rotatable bonds is 4. The third kappa shape index (κ3) is 3.58. The lowest BCUT2D eigenvalue weighted by atomic mass is 10.2. The molecule has 0 bridgehead atoms. The first kappa shape index (κ1) is 13.8. The number of aliphatic hydroxyl groups is 1. The average molecular weight is 259 g/mol. The molecule has 1 rings (SSSR count). The van der Waals surface area contributed by atoms with E-state index in [2.05, 4.69) is 0 Å². The molecule has 1 unspecified atom stereocenters. The second-order valence-corrected chi connectivity index (χ2v) is 5.56. The van der Waals surface area contributed by atoms with Gasteiger partial charge in [-0.3, -0.25) is 0 Å². The number of hydrogen-bond donors (Lipinski definition) is 3. The van der Waals surface area contributed by atoms with Crippen LogP contribution in [0.1, 0.15) is 6.92 Å². The molecule has 0 saturated heterocycles. The Balaban J connectivity index is 3.06. The summed E-state index contributed by atoms with van der Waals surface area (Å²) in [6, 6.07) is 4.26. The monoisotopic (exact) mass is 259 g/mol. The highest BCUT2D eigenvalue weighted by atomic mass is 32.2. The fourth-order valence-corrected chi connectivity index (χ4v) is 2.10. The summed E-state index contributed by atoms with van der Waals surface area (Å²) in [7, 11) is -1.98. The molecule has 0 spiro atoms. The second-order valence-electron chi connectivity index (χ2n) is 4.00. The molecule has 0 aliphatic carbocycles. The first-order valence-corrected chi connectivity index (χ1v) is 6.58. The van der Waals surface area contributed by atoms with E-state index in [0.29, 0.717) is 17.9 Å². The minimum absolute atomic E-state index is 0.0239. The van der Waals surface area contributed by atoms with Gasteiger partial charge in [0.05, 0.1) is 22.4 Å². The summed E-state index contributed by atoms with van der Waals surface area (Å²) in [4.78, 5) is 1.72. The van der Waals surface area contributed by atoms with E-state index in [9.17, 15) is 13.5 Å². The van der Waals surface area contributed by atoms with Crippen LogP contribution in [0.4, 0.5) is 11.4 Å². The van der Waals surface area contributed by atoms with Crippen molar-refractivity contribution < 1.29 is 13.5 Å². The zero-order chi connectivity index (χ0) is 13.2. The maximum Gasteiger partial charge on any atom is 0.238 e. The smallest absolute Gasteiger partial charge is 0.238 e. The van der Waals surface area contributed by atoms with E-state index in [4.69, 9.17) is 10.9 Å². The summed E-state index contributed by atoms with van der Waals surface area (Å²) in [6.45, 7) is 2.06. The summed E-state index contributed by atoms with van der Waals surface area (Å²) in [5, 5.41) is 14.3. The number of sulfonamides is 1.